The average Bonchev–Trinajstić information content (AvgIpc) is 2.52. The van der Waals surface area contributed by atoms with Crippen LogP contribution in [-0.2, 0) is 11.3 Å². The molecule has 0 spiro atoms. The second-order valence-electron chi connectivity index (χ2n) is 5.79. The van der Waals surface area contributed by atoms with Crippen molar-refractivity contribution < 1.29 is 18.9 Å². The maximum absolute atomic E-state index is 5.63. The van der Waals surface area contributed by atoms with Crippen LogP contribution in [0.1, 0.15) is 25.8 Å². The minimum Gasteiger partial charge on any atom is -0.493 e. The van der Waals surface area contributed by atoms with Crippen LogP contribution in [-0.4, -0.2) is 40.1 Å². The van der Waals surface area contributed by atoms with Gasteiger partial charge in [-0.3, -0.25) is 0 Å². The second-order valence-corrected chi connectivity index (χ2v) is 5.79. The summed E-state index contributed by atoms with van der Waals surface area (Å²) in [4.78, 5) is 0. The summed E-state index contributed by atoms with van der Waals surface area (Å²) < 4.78 is 22.2. The molecule has 0 aliphatic carbocycles. The SMILES string of the molecule is COc1cc(CNCCOCCC(C)C)cc2c1OCCO2.Cl. The Kier molecular flexibility index (Phi) is 9.14. The molecule has 1 heterocycles. The second kappa shape index (κ2) is 10.6. The van der Waals surface area contributed by atoms with Crippen molar-refractivity contribution in [1.29, 1.82) is 0 Å². The first kappa shape index (κ1) is 19.9. The molecule has 0 fully saturated rings. The number of ether oxygens (including phenoxy) is 4. The van der Waals surface area contributed by atoms with Crippen LogP contribution in [0, 0.1) is 5.92 Å². The van der Waals surface area contributed by atoms with E-state index >= 15 is 0 Å². The Bertz CT molecular complexity index is 451. The van der Waals surface area contributed by atoms with E-state index in [9.17, 15) is 0 Å². The van der Waals surface area contributed by atoms with Gasteiger partial charge in [0.05, 0.1) is 13.7 Å². The third-order valence-electron chi connectivity index (χ3n) is 3.48. The zero-order chi connectivity index (χ0) is 15.8. The van der Waals surface area contributed by atoms with Crippen LogP contribution in [0.3, 0.4) is 0 Å². The van der Waals surface area contributed by atoms with Crippen LogP contribution in [0.25, 0.3) is 0 Å². The quantitative estimate of drug-likeness (QED) is 0.697. The first-order valence-electron chi connectivity index (χ1n) is 7.95. The lowest BCUT2D eigenvalue weighted by atomic mass is 10.1. The predicted octanol–water partition coefficient (Wildman–Crippen LogP) is 3.04. The Balaban J connectivity index is 0.00000264. The molecule has 0 saturated heterocycles. The number of methoxy groups -OCH3 is 1. The molecule has 0 bridgehead atoms. The Morgan fingerprint density at radius 2 is 1.96 bits per heavy atom. The maximum Gasteiger partial charge on any atom is 0.203 e. The van der Waals surface area contributed by atoms with Gasteiger partial charge in [-0.15, -0.1) is 12.4 Å². The fourth-order valence-electron chi connectivity index (χ4n) is 2.23. The van der Waals surface area contributed by atoms with Crippen molar-refractivity contribution in [2.75, 3.05) is 40.1 Å². The third-order valence-corrected chi connectivity index (χ3v) is 3.48. The first-order valence-corrected chi connectivity index (χ1v) is 7.95. The van der Waals surface area contributed by atoms with E-state index in [1.165, 1.54) is 0 Å². The third kappa shape index (κ3) is 6.45. The number of nitrogens with one attached hydrogen (secondary N) is 1. The summed E-state index contributed by atoms with van der Waals surface area (Å²) in [5.41, 5.74) is 1.11. The highest BCUT2D eigenvalue weighted by Gasteiger charge is 2.18. The summed E-state index contributed by atoms with van der Waals surface area (Å²) in [7, 11) is 1.65. The molecule has 0 radical (unpaired) electrons. The number of benzene rings is 1. The van der Waals surface area contributed by atoms with Gasteiger partial charge in [-0.1, -0.05) is 13.8 Å². The molecule has 1 aromatic rings. The summed E-state index contributed by atoms with van der Waals surface area (Å²) >= 11 is 0. The van der Waals surface area contributed by atoms with E-state index < -0.39 is 0 Å². The van der Waals surface area contributed by atoms with Gasteiger partial charge >= 0.3 is 0 Å². The number of hydrogen-bond acceptors (Lipinski definition) is 5. The zero-order valence-electron chi connectivity index (χ0n) is 14.2. The van der Waals surface area contributed by atoms with E-state index in [0.717, 1.165) is 49.8 Å². The van der Waals surface area contributed by atoms with E-state index in [1.807, 2.05) is 12.1 Å². The number of rotatable bonds is 9. The number of halogens is 1. The fraction of sp³-hybridized carbons (Fsp3) is 0.647. The molecule has 0 aromatic heterocycles. The van der Waals surface area contributed by atoms with Crippen LogP contribution < -0.4 is 19.5 Å². The smallest absolute Gasteiger partial charge is 0.203 e. The molecule has 2 rings (SSSR count). The molecule has 0 saturated carbocycles. The lowest BCUT2D eigenvalue weighted by Gasteiger charge is -2.21. The molecule has 1 aliphatic heterocycles. The van der Waals surface area contributed by atoms with Crippen molar-refractivity contribution in [2.24, 2.45) is 5.92 Å². The van der Waals surface area contributed by atoms with Gasteiger partial charge in [-0.25, -0.2) is 0 Å². The Morgan fingerprint density at radius 3 is 2.70 bits per heavy atom. The summed E-state index contributed by atoms with van der Waals surface area (Å²) in [6.45, 7) is 8.69. The standard InChI is InChI=1S/C17H27NO4.ClH/c1-13(2)4-6-20-7-5-18-12-14-10-15(19-3)17-16(11-14)21-8-9-22-17;/h10-11,13,18H,4-9,12H2,1-3H3;1H. The van der Waals surface area contributed by atoms with Gasteiger partial charge in [-0.2, -0.15) is 0 Å². The average molecular weight is 346 g/mol. The van der Waals surface area contributed by atoms with Crippen LogP contribution in [0.5, 0.6) is 17.2 Å². The highest BCUT2D eigenvalue weighted by Crippen LogP contribution is 2.40. The minimum absolute atomic E-state index is 0. The van der Waals surface area contributed by atoms with Crippen molar-refractivity contribution in [1.82, 2.24) is 5.32 Å². The molecule has 1 aliphatic rings. The van der Waals surface area contributed by atoms with Crippen molar-refractivity contribution in [3.05, 3.63) is 17.7 Å². The molecular formula is C17H28ClNO4. The summed E-state index contributed by atoms with van der Waals surface area (Å²) in [5.74, 6) is 2.88. The van der Waals surface area contributed by atoms with Gasteiger partial charge in [0.25, 0.3) is 0 Å². The number of fused-ring (bicyclic) bond motifs is 1. The van der Waals surface area contributed by atoms with Crippen LogP contribution in [0.15, 0.2) is 12.1 Å². The molecule has 0 atom stereocenters. The van der Waals surface area contributed by atoms with Crippen molar-refractivity contribution in [3.63, 3.8) is 0 Å². The first-order chi connectivity index (χ1) is 10.7. The van der Waals surface area contributed by atoms with Crippen LogP contribution in [0.4, 0.5) is 0 Å². The summed E-state index contributed by atoms with van der Waals surface area (Å²) in [6.07, 6.45) is 1.11. The topological polar surface area (TPSA) is 49.0 Å². The molecule has 1 aromatic carbocycles. The van der Waals surface area contributed by atoms with E-state index in [-0.39, 0.29) is 12.4 Å². The van der Waals surface area contributed by atoms with Crippen molar-refractivity contribution >= 4 is 12.4 Å². The monoisotopic (exact) mass is 345 g/mol. The maximum atomic E-state index is 5.63. The van der Waals surface area contributed by atoms with Gasteiger partial charge in [0.2, 0.25) is 5.75 Å². The number of hydrogen-bond donors (Lipinski definition) is 1. The largest absolute Gasteiger partial charge is 0.493 e. The molecule has 132 valence electrons. The van der Waals surface area contributed by atoms with E-state index in [1.54, 1.807) is 7.11 Å². The Hall–Kier alpha value is -1.17. The molecule has 23 heavy (non-hydrogen) atoms. The molecule has 5 nitrogen and oxygen atoms in total. The lowest BCUT2D eigenvalue weighted by molar-refractivity contribution is 0.125. The highest BCUT2D eigenvalue weighted by molar-refractivity contribution is 5.85. The summed E-state index contributed by atoms with van der Waals surface area (Å²) in [5, 5.41) is 3.37. The van der Waals surface area contributed by atoms with Gasteiger partial charge in [-0.05, 0) is 30.0 Å². The minimum atomic E-state index is 0. The van der Waals surface area contributed by atoms with Gasteiger partial charge in [0.1, 0.15) is 13.2 Å². The molecule has 0 amide bonds. The van der Waals surface area contributed by atoms with E-state index in [0.29, 0.717) is 24.9 Å². The fourth-order valence-corrected chi connectivity index (χ4v) is 2.23. The van der Waals surface area contributed by atoms with E-state index in [4.69, 9.17) is 18.9 Å². The highest BCUT2D eigenvalue weighted by atomic mass is 35.5. The lowest BCUT2D eigenvalue weighted by Crippen LogP contribution is -2.20. The Labute approximate surface area is 145 Å². The zero-order valence-corrected chi connectivity index (χ0v) is 15.0. The normalized spacial score (nSPS) is 12.9. The molecule has 1 N–H and O–H groups in total. The molecule has 6 heteroatoms. The summed E-state index contributed by atoms with van der Waals surface area (Å²) in [6, 6.07) is 3.99. The molecule has 0 unspecified atom stereocenters. The predicted molar refractivity (Wildman–Crippen MR) is 93.2 cm³/mol. The van der Waals surface area contributed by atoms with E-state index in [2.05, 4.69) is 19.2 Å². The van der Waals surface area contributed by atoms with Gasteiger partial charge in [0, 0.05) is 19.7 Å². The van der Waals surface area contributed by atoms with Crippen LogP contribution in [0.2, 0.25) is 0 Å². The Morgan fingerprint density at radius 1 is 1.17 bits per heavy atom. The van der Waals surface area contributed by atoms with Crippen molar-refractivity contribution in [2.45, 2.75) is 26.8 Å². The van der Waals surface area contributed by atoms with Gasteiger partial charge < -0.3 is 24.3 Å². The van der Waals surface area contributed by atoms with Gasteiger partial charge in [0.15, 0.2) is 11.5 Å². The van der Waals surface area contributed by atoms with Crippen molar-refractivity contribution in [3.8, 4) is 17.2 Å². The molecular weight excluding hydrogens is 318 g/mol. The van der Waals surface area contributed by atoms with Crippen LogP contribution >= 0.6 is 12.4 Å².